The van der Waals surface area contributed by atoms with Gasteiger partial charge in [0.25, 0.3) is 0 Å². The first-order valence-corrected chi connectivity index (χ1v) is 7.40. The zero-order chi connectivity index (χ0) is 11.6. The molecule has 2 fully saturated rings. The third-order valence-corrected chi connectivity index (χ3v) is 6.11. The largest absolute Gasteiger partial charge is 0.0648 e. The van der Waals surface area contributed by atoms with E-state index >= 15 is 0 Å². The van der Waals surface area contributed by atoms with E-state index in [1.807, 2.05) is 0 Å². The van der Waals surface area contributed by atoms with Crippen molar-refractivity contribution in [3.63, 3.8) is 0 Å². The first-order chi connectivity index (χ1) is 8.28. The van der Waals surface area contributed by atoms with Crippen LogP contribution in [0, 0.1) is 5.41 Å². The third kappa shape index (κ3) is 1.10. The van der Waals surface area contributed by atoms with E-state index in [0.717, 1.165) is 17.8 Å². The van der Waals surface area contributed by atoms with E-state index in [1.165, 1.54) is 32.1 Å². The van der Waals surface area contributed by atoms with Gasteiger partial charge in [-0.05, 0) is 72.0 Å². The van der Waals surface area contributed by atoms with Gasteiger partial charge in [0.15, 0.2) is 0 Å². The zero-order valence-electron chi connectivity index (χ0n) is 11.0. The van der Waals surface area contributed by atoms with E-state index in [2.05, 4.69) is 32.0 Å². The maximum Gasteiger partial charge on any atom is -0.00965 e. The summed E-state index contributed by atoms with van der Waals surface area (Å²) in [6, 6.07) is 7.17. The number of hydrogen-bond donors (Lipinski definition) is 0. The summed E-state index contributed by atoms with van der Waals surface area (Å²) in [5.41, 5.74) is 5.87. The smallest absolute Gasteiger partial charge is 0.00965 e. The lowest BCUT2D eigenvalue weighted by atomic mass is 9.56. The highest BCUT2D eigenvalue weighted by Gasteiger charge is 2.56. The molecule has 3 aliphatic rings. The maximum absolute atomic E-state index is 2.51. The van der Waals surface area contributed by atoms with Crippen LogP contribution in [0.4, 0.5) is 0 Å². The Labute approximate surface area is 104 Å². The molecule has 0 bridgehead atoms. The predicted molar refractivity (Wildman–Crippen MR) is 71.5 cm³/mol. The van der Waals surface area contributed by atoms with Crippen molar-refractivity contribution in [2.75, 3.05) is 0 Å². The van der Waals surface area contributed by atoms with E-state index in [-0.39, 0.29) is 0 Å². The van der Waals surface area contributed by atoms with Crippen molar-refractivity contribution in [2.24, 2.45) is 5.41 Å². The van der Waals surface area contributed by atoms with Crippen molar-refractivity contribution in [3.05, 3.63) is 34.9 Å². The van der Waals surface area contributed by atoms with Gasteiger partial charge < -0.3 is 0 Å². The fourth-order valence-corrected chi connectivity index (χ4v) is 4.82. The summed E-state index contributed by atoms with van der Waals surface area (Å²) < 4.78 is 0. The topological polar surface area (TPSA) is 0 Å². The normalized spacial score (nSPS) is 38.5. The van der Waals surface area contributed by atoms with Gasteiger partial charge in [0.2, 0.25) is 0 Å². The van der Waals surface area contributed by atoms with Crippen LogP contribution in [-0.4, -0.2) is 0 Å². The lowest BCUT2D eigenvalue weighted by Gasteiger charge is -2.48. The molecule has 90 valence electrons. The molecule has 0 heterocycles. The molecule has 1 aromatic rings. The second-order valence-corrected chi connectivity index (χ2v) is 6.52. The van der Waals surface area contributed by atoms with Crippen LogP contribution in [0.2, 0.25) is 0 Å². The molecule has 17 heavy (non-hydrogen) atoms. The molecular weight excluding hydrogens is 204 g/mol. The summed E-state index contributed by atoms with van der Waals surface area (Å²) >= 11 is 0. The monoisotopic (exact) mass is 226 g/mol. The minimum absolute atomic E-state index is 0.646. The Morgan fingerprint density at radius 3 is 2.53 bits per heavy atom. The summed E-state index contributed by atoms with van der Waals surface area (Å²) in [5, 5.41) is 0. The van der Waals surface area contributed by atoms with Gasteiger partial charge in [-0.1, -0.05) is 32.0 Å². The number of rotatable bonds is 2. The van der Waals surface area contributed by atoms with E-state index < -0.39 is 0 Å². The number of fused-ring (bicyclic) bond motifs is 3. The SMILES string of the molecule is CCC12CCC1c1cccc(C3CC3)c1C2C. The van der Waals surface area contributed by atoms with Crippen LogP contribution in [0.5, 0.6) is 0 Å². The minimum atomic E-state index is 0.646. The van der Waals surface area contributed by atoms with Crippen molar-refractivity contribution in [1.29, 1.82) is 0 Å². The molecule has 0 aliphatic heterocycles. The van der Waals surface area contributed by atoms with E-state index in [0.29, 0.717) is 5.41 Å². The fraction of sp³-hybridized carbons (Fsp3) is 0.647. The fourth-order valence-electron chi connectivity index (χ4n) is 4.82. The molecule has 0 heteroatoms. The molecule has 2 saturated carbocycles. The van der Waals surface area contributed by atoms with Crippen LogP contribution in [0.25, 0.3) is 0 Å². The Bertz CT molecular complexity index is 465. The second-order valence-electron chi connectivity index (χ2n) is 6.52. The van der Waals surface area contributed by atoms with Crippen LogP contribution in [0.1, 0.15) is 80.4 Å². The molecule has 0 amide bonds. The quantitative estimate of drug-likeness (QED) is 0.669. The zero-order valence-corrected chi connectivity index (χ0v) is 11.0. The molecule has 3 unspecified atom stereocenters. The number of hydrogen-bond acceptors (Lipinski definition) is 0. The van der Waals surface area contributed by atoms with Crippen LogP contribution in [-0.2, 0) is 0 Å². The summed E-state index contributed by atoms with van der Waals surface area (Å²) in [4.78, 5) is 0. The van der Waals surface area contributed by atoms with Crippen LogP contribution in [0.3, 0.4) is 0 Å². The first kappa shape index (κ1) is 10.2. The van der Waals surface area contributed by atoms with Crippen molar-refractivity contribution in [1.82, 2.24) is 0 Å². The minimum Gasteiger partial charge on any atom is -0.0648 e. The summed E-state index contributed by atoms with van der Waals surface area (Å²) in [6.07, 6.45) is 7.16. The van der Waals surface area contributed by atoms with Gasteiger partial charge in [0.05, 0.1) is 0 Å². The Morgan fingerprint density at radius 1 is 1.18 bits per heavy atom. The molecule has 0 N–H and O–H groups in total. The van der Waals surface area contributed by atoms with Gasteiger partial charge in [-0.2, -0.15) is 0 Å². The molecule has 0 radical (unpaired) electrons. The Kier molecular flexibility index (Phi) is 1.89. The molecule has 0 saturated heterocycles. The van der Waals surface area contributed by atoms with Crippen molar-refractivity contribution in [3.8, 4) is 0 Å². The van der Waals surface area contributed by atoms with E-state index in [4.69, 9.17) is 0 Å². The van der Waals surface area contributed by atoms with Gasteiger partial charge in [-0.25, -0.2) is 0 Å². The van der Waals surface area contributed by atoms with Gasteiger partial charge in [0, 0.05) is 0 Å². The van der Waals surface area contributed by atoms with Crippen LogP contribution in [0.15, 0.2) is 18.2 Å². The van der Waals surface area contributed by atoms with Gasteiger partial charge in [-0.15, -0.1) is 0 Å². The molecule has 4 rings (SSSR count). The molecule has 0 spiro atoms. The highest BCUT2D eigenvalue weighted by molar-refractivity contribution is 5.51. The average Bonchev–Trinajstić information content (AvgIpc) is 3.09. The van der Waals surface area contributed by atoms with Crippen LogP contribution < -0.4 is 0 Å². The average molecular weight is 226 g/mol. The lowest BCUT2D eigenvalue weighted by molar-refractivity contribution is 0.0764. The first-order valence-electron chi connectivity index (χ1n) is 7.40. The molecule has 0 aromatic heterocycles. The summed E-state index contributed by atoms with van der Waals surface area (Å²) in [5.74, 6) is 2.63. The van der Waals surface area contributed by atoms with E-state index in [1.54, 1.807) is 16.7 Å². The molecule has 1 aromatic carbocycles. The third-order valence-electron chi connectivity index (χ3n) is 6.11. The van der Waals surface area contributed by atoms with Crippen molar-refractivity contribution in [2.45, 2.75) is 63.7 Å². The summed E-state index contributed by atoms with van der Waals surface area (Å²) in [7, 11) is 0. The van der Waals surface area contributed by atoms with Crippen molar-refractivity contribution < 1.29 is 0 Å². The van der Waals surface area contributed by atoms with Gasteiger partial charge in [-0.3, -0.25) is 0 Å². The Morgan fingerprint density at radius 2 is 1.94 bits per heavy atom. The van der Waals surface area contributed by atoms with Crippen molar-refractivity contribution >= 4 is 0 Å². The van der Waals surface area contributed by atoms with Crippen LogP contribution >= 0.6 is 0 Å². The highest BCUT2D eigenvalue weighted by atomic mass is 14.6. The molecule has 3 aliphatic carbocycles. The second kappa shape index (κ2) is 3.16. The maximum atomic E-state index is 2.51. The lowest BCUT2D eigenvalue weighted by Crippen LogP contribution is -2.36. The molecule has 3 atom stereocenters. The Balaban J connectivity index is 1.89. The Hall–Kier alpha value is -0.780. The highest BCUT2D eigenvalue weighted by Crippen LogP contribution is 2.69. The predicted octanol–water partition coefficient (Wildman–Crippen LogP) is 4.95. The molecular formula is C17H22. The molecule has 0 nitrogen and oxygen atoms in total. The van der Waals surface area contributed by atoms with E-state index in [9.17, 15) is 0 Å². The summed E-state index contributed by atoms with van der Waals surface area (Å²) in [6.45, 7) is 4.92. The number of benzene rings is 1. The van der Waals surface area contributed by atoms with Gasteiger partial charge in [0.1, 0.15) is 0 Å². The standard InChI is InChI=1S/C17H22/c1-3-17-10-9-15(17)14-6-4-5-13(12-7-8-12)16(14)11(17)2/h4-6,11-12,15H,3,7-10H2,1-2H3. The van der Waals surface area contributed by atoms with Gasteiger partial charge >= 0.3 is 0 Å².